The molecule has 2 heterocycles. The highest BCUT2D eigenvalue weighted by Crippen LogP contribution is 2.50. The molecule has 0 aromatic heterocycles. The summed E-state index contributed by atoms with van der Waals surface area (Å²) in [5.41, 5.74) is 1.36. The molecule has 2 aliphatic rings. The number of hydrogen-bond donors (Lipinski definition) is 2. The average Bonchev–Trinajstić information content (AvgIpc) is 3.39. The lowest BCUT2D eigenvalue weighted by molar-refractivity contribution is -0.151. The molecule has 2 aromatic rings. The Morgan fingerprint density at radius 3 is 2.35 bits per heavy atom. The van der Waals surface area contributed by atoms with E-state index in [4.69, 9.17) is 4.74 Å². The van der Waals surface area contributed by atoms with E-state index in [1.807, 2.05) is 79.9 Å². The highest BCUT2D eigenvalue weighted by molar-refractivity contribution is 7.98. The van der Waals surface area contributed by atoms with Crippen LogP contribution in [-0.2, 0) is 19.1 Å². The quantitative estimate of drug-likeness (QED) is 0.246. The number of imide groups is 1. The number of rotatable bonds is 12. The molecule has 0 bridgehead atoms. The number of benzene rings is 2. The Kier molecular flexibility index (Phi) is 8.84. The number of thioether (sulfide) groups is 1. The number of ether oxygens (including phenoxy) is 1. The standard InChI is InChI=1S/C29H34N2O5S/c1-3-17-36-18-16-31-26(32)23-24(27(31)33)29(28(34)35,15-19-37-2)30-25(23)22-13-11-21(12-14-22)10-9-20-7-5-4-6-8-20/h4-14,23-25,30H,3,15-19H2,1-2H3,(H,34,35). The van der Waals surface area contributed by atoms with Crippen LogP contribution in [0.4, 0.5) is 0 Å². The van der Waals surface area contributed by atoms with Gasteiger partial charge in [-0.1, -0.05) is 73.7 Å². The normalized spacial score (nSPS) is 25.2. The van der Waals surface area contributed by atoms with Gasteiger partial charge in [-0.2, -0.15) is 11.8 Å². The van der Waals surface area contributed by atoms with Crippen molar-refractivity contribution in [2.24, 2.45) is 11.8 Å². The van der Waals surface area contributed by atoms with Gasteiger partial charge in [0, 0.05) is 12.6 Å². The van der Waals surface area contributed by atoms with Crippen molar-refractivity contribution in [1.29, 1.82) is 0 Å². The predicted molar refractivity (Wildman–Crippen MR) is 146 cm³/mol. The van der Waals surface area contributed by atoms with Crippen LogP contribution in [0.2, 0.25) is 0 Å². The molecule has 8 heteroatoms. The molecule has 196 valence electrons. The van der Waals surface area contributed by atoms with E-state index in [1.54, 1.807) is 0 Å². The van der Waals surface area contributed by atoms with Gasteiger partial charge in [-0.25, -0.2) is 0 Å². The van der Waals surface area contributed by atoms with E-state index in [0.29, 0.717) is 12.4 Å². The summed E-state index contributed by atoms with van der Waals surface area (Å²) < 4.78 is 5.52. The van der Waals surface area contributed by atoms with Crippen molar-refractivity contribution in [3.8, 4) is 0 Å². The maximum atomic E-state index is 13.6. The van der Waals surface area contributed by atoms with Crippen molar-refractivity contribution < 1.29 is 24.2 Å². The highest BCUT2D eigenvalue weighted by Gasteiger charge is 2.68. The first-order valence-electron chi connectivity index (χ1n) is 12.7. The minimum atomic E-state index is -1.50. The number of fused-ring (bicyclic) bond motifs is 1. The number of likely N-dealkylation sites (tertiary alicyclic amines) is 1. The Balaban J connectivity index is 1.62. The van der Waals surface area contributed by atoms with Crippen LogP contribution in [0.15, 0.2) is 54.6 Å². The second-order valence-electron chi connectivity index (χ2n) is 9.50. The maximum absolute atomic E-state index is 13.6. The third-order valence-electron chi connectivity index (χ3n) is 7.20. The molecule has 0 spiro atoms. The van der Waals surface area contributed by atoms with Gasteiger partial charge in [0.05, 0.1) is 25.0 Å². The largest absolute Gasteiger partial charge is 0.480 e. The monoisotopic (exact) mass is 522 g/mol. The Hall–Kier alpha value is -2.94. The fourth-order valence-electron chi connectivity index (χ4n) is 5.34. The fraction of sp³-hybridized carbons (Fsp3) is 0.414. The summed E-state index contributed by atoms with van der Waals surface area (Å²) in [5.74, 6) is -3.02. The third-order valence-corrected chi connectivity index (χ3v) is 7.81. The van der Waals surface area contributed by atoms with E-state index >= 15 is 0 Å². The molecule has 2 aliphatic heterocycles. The minimum absolute atomic E-state index is 0.138. The van der Waals surface area contributed by atoms with Crippen LogP contribution >= 0.6 is 11.8 Å². The third kappa shape index (κ3) is 5.51. The van der Waals surface area contributed by atoms with Crippen LogP contribution in [0.3, 0.4) is 0 Å². The topological polar surface area (TPSA) is 95.9 Å². The van der Waals surface area contributed by atoms with Crippen molar-refractivity contribution >= 4 is 41.7 Å². The van der Waals surface area contributed by atoms with Crippen molar-refractivity contribution in [3.63, 3.8) is 0 Å². The Morgan fingerprint density at radius 1 is 1.05 bits per heavy atom. The molecule has 2 aromatic carbocycles. The lowest BCUT2D eigenvalue weighted by Crippen LogP contribution is -2.56. The molecule has 7 nitrogen and oxygen atoms in total. The second kappa shape index (κ2) is 12.1. The number of carbonyl (C=O) groups is 3. The van der Waals surface area contributed by atoms with Crippen LogP contribution in [0, 0.1) is 11.8 Å². The molecule has 0 aliphatic carbocycles. The molecule has 4 unspecified atom stereocenters. The number of nitrogens with one attached hydrogen (secondary N) is 1. The first-order valence-corrected chi connectivity index (χ1v) is 14.1. The molecular formula is C29H34N2O5S. The Labute approximate surface area is 222 Å². The van der Waals surface area contributed by atoms with Gasteiger partial charge < -0.3 is 9.84 Å². The van der Waals surface area contributed by atoms with Crippen molar-refractivity contribution in [2.45, 2.75) is 31.3 Å². The van der Waals surface area contributed by atoms with Crippen LogP contribution in [-0.4, -0.2) is 65.1 Å². The van der Waals surface area contributed by atoms with Crippen LogP contribution in [0.5, 0.6) is 0 Å². The summed E-state index contributed by atoms with van der Waals surface area (Å²) in [6.07, 6.45) is 7.02. The SMILES string of the molecule is CCCOCCN1C(=O)C2C(c3ccc(C=Cc4ccccc4)cc3)NC(CCSC)(C(=O)O)C2C1=O. The van der Waals surface area contributed by atoms with Crippen molar-refractivity contribution in [1.82, 2.24) is 10.2 Å². The van der Waals surface area contributed by atoms with Gasteiger partial charge in [-0.3, -0.25) is 24.6 Å². The number of aliphatic carboxylic acids is 1. The molecule has 2 amide bonds. The van der Waals surface area contributed by atoms with E-state index in [2.05, 4.69) is 5.32 Å². The molecule has 2 N–H and O–H groups in total. The number of hydrogen-bond acceptors (Lipinski definition) is 6. The molecule has 37 heavy (non-hydrogen) atoms. The number of carboxylic acids is 1. The van der Waals surface area contributed by atoms with Crippen LogP contribution in [0.1, 0.15) is 42.5 Å². The van der Waals surface area contributed by atoms with Crippen molar-refractivity contribution in [2.75, 3.05) is 31.8 Å². The van der Waals surface area contributed by atoms with E-state index in [-0.39, 0.29) is 25.5 Å². The molecular weight excluding hydrogens is 488 g/mol. The number of amides is 2. The van der Waals surface area contributed by atoms with E-state index in [1.165, 1.54) is 16.7 Å². The molecule has 2 fully saturated rings. The van der Waals surface area contributed by atoms with Crippen molar-refractivity contribution in [3.05, 3.63) is 71.3 Å². The minimum Gasteiger partial charge on any atom is -0.480 e. The lowest BCUT2D eigenvalue weighted by atomic mass is 9.78. The van der Waals surface area contributed by atoms with Gasteiger partial charge in [-0.15, -0.1) is 0 Å². The first kappa shape index (κ1) is 27.1. The summed E-state index contributed by atoms with van der Waals surface area (Å²) in [6.45, 7) is 2.92. The van der Waals surface area contributed by atoms with Gasteiger partial charge in [0.2, 0.25) is 11.8 Å². The summed E-state index contributed by atoms with van der Waals surface area (Å²) in [5, 5.41) is 13.6. The second-order valence-corrected chi connectivity index (χ2v) is 10.5. The number of carbonyl (C=O) groups excluding carboxylic acids is 2. The van der Waals surface area contributed by atoms with E-state index < -0.39 is 35.3 Å². The summed E-state index contributed by atoms with van der Waals surface area (Å²) in [7, 11) is 0. The smallest absolute Gasteiger partial charge is 0.324 e. The van der Waals surface area contributed by atoms with E-state index in [9.17, 15) is 19.5 Å². The molecule has 0 saturated carbocycles. The Bertz CT molecular complexity index is 1140. The van der Waals surface area contributed by atoms with Gasteiger partial charge in [0.15, 0.2) is 0 Å². The van der Waals surface area contributed by atoms with Crippen LogP contribution < -0.4 is 5.32 Å². The summed E-state index contributed by atoms with van der Waals surface area (Å²) in [6, 6.07) is 17.1. The first-order chi connectivity index (χ1) is 17.9. The summed E-state index contributed by atoms with van der Waals surface area (Å²) >= 11 is 1.52. The molecule has 4 rings (SSSR count). The maximum Gasteiger partial charge on any atom is 0.324 e. The Morgan fingerprint density at radius 2 is 1.73 bits per heavy atom. The zero-order valence-electron chi connectivity index (χ0n) is 21.3. The van der Waals surface area contributed by atoms with E-state index in [0.717, 1.165) is 23.1 Å². The van der Waals surface area contributed by atoms with Gasteiger partial charge in [0.1, 0.15) is 5.54 Å². The average molecular weight is 523 g/mol. The number of carboxylic acid groups (broad SMARTS) is 1. The predicted octanol–water partition coefficient (Wildman–Crippen LogP) is 4.11. The van der Waals surface area contributed by atoms with Crippen LogP contribution in [0.25, 0.3) is 12.2 Å². The van der Waals surface area contributed by atoms with Gasteiger partial charge >= 0.3 is 5.97 Å². The highest BCUT2D eigenvalue weighted by atomic mass is 32.2. The summed E-state index contributed by atoms with van der Waals surface area (Å²) in [4.78, 5) is 41.0. The fourth-order valence-corrected chi connectivity index (χ4v) is 5.86. The van der Waals surface area contributed by atoms with Gasteiger partial charge in [-0.05, 0) is 41.5 Å². The number of nitrogens with zero attached hydrogens (tertiary/aromatic N) is 1. The molecule has 4 atom stereocenters. The van der Waals surface area contributed by atoms with Gasteiger partial charge in [0.25, 0.3) is 0 Å². The lowest BCUT2D eigenvalue weighted by Gasteiger charge is -2.31. The zero-order chi connectivity index (χ0) is 26.4. The molecule has 0 radical (unpaired) electrons. The zero-order valence-corrected chi connectivity index (χ0v) is 22.1. The molecule has 2 saturated heterocycles.